The molecular formula is C15H22N4S. The monoisotopic (exact) mass is 290 g/mol. The van der Waals surface area contributed by atoms with Crippen molar-refractivity contribution in [2.24, 2.45) is 0 Å². The van der Waals surface area contributed by atoms with Gasteiger partial charge >= 0.3 is 0 Å². The lowest BCUT2D eigenvalue weighted by Gasteiger charge is -2.04. The molecule has 1 aromatic carbocycles. The second kappa shape index (κ2) is 7.94. The molecule has 0 aliphatic heterocycles. The highest BCUT2D eigenvalue weighted by molar-refractivity contribution is 7.71. The second-order valence-electron chi connectivity index (χ2n) is 5.10. The van der Waals surface area contributed by atoms with E-state index in [1.807, 2.05) is 0 Å². The Bertz CT molecular complexity index is 556. The zero-order valence-electron chi connectivity index (χ0n) is 12.0. The van der Waals surface area contributed by atoms with Crippen LogP contribution in [0.3, 0.4) is 0 Å². The maximum atomic E-state index is 5.08. The highest BCUT2D eigenvalue weighted by Gasteiger charge is 2.00. The lowest BCUT2D eigenvalue weighted by atomic mass is 10.0. The summed E-state index contributed by atoms with van der Waals surface area (Å²) in [6.45, 7) is 2.25. The first kappa shape index (κ1) is 14.9. The molecule has 0 bridgehead atoms. The summed E-state index contributed by atoms with van der Waals surface area (Å²) >= 11 is 5.08. The highest BCUT2D eigenvalue weighted by Crippen LogP contribution is 2.12. The Labute approximate surface area is 125 Å². The van der Waals surface area contributed by atoms with Crippen molar-refractivity contribution in [2.45, 2.75) is 51.9 Å². The molecule has 20 heavy (non-hydrogen) atoms. The van der Waals surface area contributed by atoms with E-state index in [-0.39, 0.29) is 0 Å². The van der Waals surface area contributed by atoms with Gasteiger partial charge in [-0.25, -0.2) is 4.68 Å². The molecular weight excluding hydrogens is 268 g/mol. The van der Waals surface area contributed by atoms with Gasteiger partial charge in [0.25, 0.3) is 0 Å². The van der Waals surface area contributed by atoms with Crippen LogP contribution in [0.1, 0.15) is 51.0 Å². The Kier molecular flexibility index (Phi) is 5.92. The Morgan fingerprint density at radius 1 is 1.05 bits per heavy atom. The number of tetrazole rings is 1. The van der Waals surface area contributed by atoms with E-state index in [1.54, 1.807) is 4.68 Å². The molecule has 0 aliphatic rings. The third kappa shape index (κ3) is 4.27. The molecule has 0 fully saturated rings. The van der Waals surface area contributed by atoms with E-state index in [9.17, 15) is 0 Å². The molecule has 0 radical (unpaired) electrons. The molecule has 0 saturated carbocycles. The Balaban J connectivity index is 1.80. The summed E-state index contributed by atoms with van der Waals surface area (Å²) in [6.07, 6.45) is 9.17. The number of aromatic nitrogens is 4. The number of nitrogens with zero attached hydrogens (tertiary/aromatic N) is 3. The third-order valence-corrected chi connectivity index (χ3v) is 3.75. The summed E-state index contributed by atoms with van der Waals surface area (Å²) in [5, 5.41) is 10.2. The lowest BCUT2D eigenvalue weighted by Crippen LogP contribution is -1.97. The molecule has 1 aromatic heterocycles. The summed E-state index contributed by atoms with van der Waals surface area (Å²) < 4.78 is 2.15. The van der Waals surface area contributed by atoms with Crippen molar-refractivity contribution in [2.75, 3.05) is 0 Å². The first-order chi connectivity index (χ1) is 9.81. The number of hydrogen-bond acceptors (Lipinski definition) is 3. The van der Waals surface area contributed by atoms with Gasteiger partial charge in [-0.1, -0.05) is 61.5 Å². The topological polar surface area (TPSA) is 46.5 Å². The van der Waals surface area contributed by atoms with E-state index in [2.05, 4.69) is 46.7 Å². The van der Waals surface area contributed by atoms with Crippen LogP contribution in [0.5, 0.6) is 0 Å². The van der Waals surface area contributed by atoms with Gasteiger partial charge in [-0.2, -0.15) is 5.21 Å². The van der Waals surface area contributed by atoms with Crippen LogP contribution < -0.4 is 0 Å². The number of rotatable bonds is 8. The van der Waals surface area contributed by atoms with Crippen molar-refractivity contribution in [3.8, 4) is 5.69 Å². The van der Waals surface area contributed by atoms with Gasteiger partial charge in [-0.05, 0) is 42.8 Å². The van der Waals surface area contributed by atoms with Crippen LogP contribution in [0.4, 0.5) is 0 Å². The predicted octanol–water partition coefficient (Wildman–Crippen LogP) is 4.23. The number of nitrogens with one attached hydrogen (secondary N) is 1. The number of aromatic amines is 1. The molecule has 2 aromatic rings. The summed E-state index contributed by atoms with van der Waals surface area (Å²) in [5.74, 6) is 0. The van der Waals surface area contributed by atoms with Crippen LogP contribution in [0.25, 0.3) is 5.69 Å². The number of unbranched alkanes of at least 4 members (excludes halogenated alkanes) is 5. The molecule has 0 saturated heterocycles. The quantitative estimate of drug-likeness (QED) is 0.584. The first-order valence-electron chi connectivity index (χ1n) is 7.40. The van der Waals surface area contributed by atoms with Crippen LogP contribution in [0, 0.1) is 4.77 Å². The predicted molar refractivity (Wildman–Crippen MR) is 83.6 cm³/mol. The van der Waals surface area contributed by atoms with Gasteiger partial charge in [0.05, 0.1) is 5.69 Å². The largest absolute Gasteiger partial charge is 0.242 e. The van der Waals surface area contributed by atoms with Crippen molar-refractivity contribution in [3.05, 3.63) is 34.6 Å². The Morgan fingerprint density at radius 2 is 1.75 bits per heavy atom. The summed E-state index contributed by atoms with van der Waals surface area (Å²) in [6, 6.07) is 8.43. The van der Waals surface area contributed by atoms with Gasteiger partial charge in [-0.15, -0.1) is 0 Å². The molecule has 108 valence electrons. The molecule has 1 heterocycles. The summed E-state index contributed by atoms with van der Waals surface area (Å²) in [5.41, 5.74) is 2.36. The highest BCUT2D eigenvalue weighted by atomic mass is 32.1. The molecule has 0 unspecified atom stereocenters. The second-order valence-corrected chi connectivity index (χ2v) is 5.47. The average molecular weight is 290 g/mol. The maximum Gasteiger partial charge on any atom is 0.242 e. The molecule has 4 nitrogen and oxygen atoms in total. The Hall–Kier alpha value is -1.49. The van der Waals surface area contributed by atoms with Gasteiger partial charge in [0.1, 0.15) is 0 Å². The van der Waals surface area contributed by atoms with Crippen LogP contribution in [0.15, 0.2) is 24.3 Å². The number of H-pyrrole nitrogens is 1. The minimum absolute atomic E-state index is 0.452. The minimum atomic E-state index is 0.452. The number of benzene rings is 1. The zero-order chi connectivity index (χ0) is 14.2. The molecule has 0 atom stereocenters. The van der Waals surface area contributed by atoms with E-state index in [0.717, 1.165) is 12.1 Å². The number of hydrogen-bond donors (Lipinski definition) is 1. The normalized spacial score (nSPS) is 10.8. The molecule has 0 aliphatic carbocycles. The average Bonchev–Trinajstić information content (AvgIpc) is 2.90. The van der Waals surface area contributed by atoms with E-state index in [4.69, 9.17) is 12.2 Å². The SMILES string of the molecule is CCCCCCCCc1ccc(-n2[nH]nnc2=S)cc1. The van der Waals surface area contributed by atoms with Crippen LogP contribution in [-0.4, -0.2) is 20.2 Å². The van der Waals surface area contributed by atoms with E-state index in [0.29, 0.717) is 4.77 Å². The standard InChI is InChI=1S/C15H22N4S/c1-2-3-4-5-6-7-8-13-9-11-14(12-10-13)19-15(20)16-17-18-19/h9-12H,2-8H2,1H3,(H,16,18,20). The zero-order valence-corrected chi connectivity index (χ0v) is 12.8. The van der Waals surface area contributed by atoms with E-state index < -0.39 is 0 Å². The van der Waals surface area contributed by atoms with Gasteiger partial charge in [0, 0.05) is 0 Å². The van der Waals surface area contributed by atoms with Crippen molar-refractivity contribution < 1.29 is 0 Å². The van der Waals surface area contributed by atoms with Crippen molar-refractivity contribution in [1.29, 1.82) is 0 Å². The van der Waals surface area contributed by atoms with E-state index in [1.165, 1.54) is 44.1 Å². The minimum Gasteiger partial charge on any atom is -0.210 e. The maximum absolute atomic E-state index is 5.08. The van der Waals surface area contributed by atoms with Crippen LogP contribution in [-0.2, 0) is 6.42 Å². The van der Waals surface area contributed by atoms with E-state index >= 15 is 0 Å². The van der Waals surface area contributed by atoms with Gasteiger partial charge in [-0.3, -0.25) is 0 Å². The summed E-state index contributed by atoms with van der Waals surface area (Å²) in [7, 11) is 0. The van der Waals surface area contributed by atoms with Crippen molar-refractivity contribution in [3.63, 3.8) is 0 Å². The summed E-state index contributed by atoms with van der Waals surface area (Å²) in [4.78, 5) is 0. The molecule has 0 amide bonds. The van der Waals surface area contributed by atoms with Gasteiger partial charge < -0.3 is 0 Å². The smallest absolute Gasteiger partial charge is 0.210 e. The third-order valence-electron chi connectivity index (χ3n) is 3.49. The fourth-order valence-electron chi connectivity index (χ4n) is 2.29. The Morgan fingerprint density at radius 3 is 2.40 bits per heavy atom. The van der Waals surface area contributed by atoms with Gasteiger partial charge in [0.2, 0.25) is 4.77 Å². The number of aryl methyl sites for hydroxylation is 1. The molecule has 5 heteroatoms. The van der Waals surface area contributed by atoms with Crippen LogP contribution >= 0.6 is 12.2 Å². The fraction of sp³-hybridized carbons (Fsp3) is 0.533. The first-order valence-corrected chi connectivity index (χ1v) is 7.81. The fourth-order valence-corrected chi connectivity index (χ4v) is 2.47. The van der Waals surface area contributed by atoms with Crippen molar-refractivity contribution >= 4 is 12.2 Å². The van der Waals surface area contributed by atoms with Crippen molar-refractivity contribution in [1.82, 2.24) is 20.2 Å². The molecule has 2 rings (SSSR count). The van der Waals surface area contributed by atoms with Gasteiger partial charge in [0.15, 0.2) is 0 Å². The molecule has 0 spiro atoms. The van der Waals surface area contributed by atoms with Crippen LogP contribution in [0.2, 0.25) is 0 Å². The lowest BCUT2D eigenvalue weighted by molar-refractivity contribution is 0.607. The molecule has 1 N–H and O–H groups in total.